The molecule has 2 aliphatic rings. The summed E-state index contributed by atoms with van der Waals surface area (Å²) < 4.78 is 13.4. The van der Waals surface area contributed by atoms with Crippen LogP contribution in [0, 0.1) is 0 Å². The summed E-state index contributed by atoms with van der Waals surface area (Å²) in [5.41, 5.74) is 0.698. The van der Waals surface area contributed by atoms with Crippen molar-refractivity contribution in [2.75, 3.05) is 13.1 Å². The van der Waals surface area contributed by atoms with Gasteiger partial charge >= 0.3 is 0 Å². The van der Waals surface area contributed by atoms with Gasteiger partial charge in [0.15, 0.2) is 0 Å². The van der Waals surface area contributed by atoms with Gasteiger partial charge in [0.25, 0.3) is 0 Å². The first-order valence-corrected chi connectivity index (χ1v) is 5.09. The summed E-state index contributed by atoms with van der Waals surface area (Å²) in [6.07, 6.45) is 6.26. The topological polar surface area (TPSA) is 20.3 Å². The number of hydrogen-bond acceptors (Lipinski definition) is 2. The van der Waals surface area contributed by atoms with E-state index in [2.05, 4.69) is 0 Å². The SMILES string of the molecule is O=C1CCN(C2=C(F)CCC=C2)CC1. The van der Waals surface area contributed by atoms with Crippen LogP contribution in [0.1, 0.15) is 25.7 Å². The first kappa shape index (κ1) is 9.44. The number of ketones is 1. The molecule has 1 fully saturated rings. The van der Waals surface area contributed by atoms with Crippen molar-refractivity contribution >= 4 is 5.78 Å². The van der Waals surface area contributed by atoms with Crippen LogP contribution in [0.25, 0.3) is 0 Å². The average Bonchev–Trinajstić information content (AvgIpc) is 2.20. The molecule has 1 aliphatic carbocycles. The quantitative estimate of drug-likeness (QED) is 0.639. The molecule has 3 heteroatoms. The zero-order chi connectivity index (χ0) is 9.97. The Kier molecular flexibility index (Phi) is 2.66. The molecular weight excluding hydrogens is 181 g/mol. The van der Waals surface area contributed by atoms with Crippen molar-refractivity contribution in [2.45, 2.75) is 25.7 Å². The zero-order valence-corrected chi connectivity index (χ0v) is 8.13. The minimum Gasteiger partial charge on any atom is -0.369 e. The molecule has 0 unspecified atom stereocenters. The Hall–Kier alpha value is -1.12. The number of allylic oxidation sites excluding steroid dienone is 3. The molecule has 1 heterocycles. The van der Waals surface area contributed by atoms with Gasteiger partial charge in [-0.3, -0.25) is 4.79 Å². The number of nitrogens with zero attached hydrogens (tertiary/aromatic N) is 1. The number of hydrogen-bond donors (Lipinski definition) is 0. The van der Waals surface area contributed by atoms with Crippen LogP contribution in [0.2, 0.25) is 0 Å². The fourth-order valence-corrected chi connectivity index (χ4v) is 1.90. The second-order valence-corrected chi connectivity index (χ2v) is 3.76. The zero-order valence-electron chi connectivity index (χ0n) is 8.13. The molecule has 1 saturated heterocycles. The van der Waals surface area contributed by atoms with E-state index in [-0.39, 0.29) is 5.83 Å². The van der Waals surface area contributed by atoms with Crippen molar-refractivity contribution in [3.05, 3.63) is 23.7 Å². The lowest BCUT2D eigenvalue weighted by Crippen LogP contribution is -2.33. The molecule has 1 aliphatic heterocycles. The van der Waals surface area contributed by atoms with Gasteiger partial charge in [0, 0.05) is 32.4 Å². The maximum Gasteiger partial charge on any atom is 0.136 e. The Morgan fingerprint density at radius 1 is 1.21 bits per heavy atom. The van der Waals surface area contributed by atoms with E-state index in [1.807, 2.05) is 17.1 Å². The van der Waals surface area contributed by atoms with Gasteiger partial charge in [-0.15, -0.1) is 0 Å². The summed E-state index contributed by atoms with van der Waals surface area (Å²) in [5, 5.41) is 0. The van der Waals surface area contributed by atoms with Crippen LogP contribution in [-0.2, 0) is 4.79 Å². The van der Waals surface area contributed by atoms with Crippen molar-refractivity contribution in [2.24, 2.45) is 0 Å². The molecule has 0 saturated carbocycles. The lowest BCUT2D eigenvalue weighted by molar-refractivity contribution is -0.121. The van der Waals surface area contributed by atoms with E-state index < -0.39 is 0 Å². The van der Waals surface area contributed by atoms with E-state index in [1.54, 1.807) is 0 Å². The molecule has 0 aromatic rings. The molecule has 0 aromatic carbocycles. The number of Topliss-reactive ketones (excluding diaryl/α,β-unsaturated/α-hetero) is 1. The predicted molar refractivity (Wildman–Crippen MR) is 52.3 cm³/mol. The van der Waals surface area contributed by atoms with E-state index in [0.29, 0.717) is 43.8 Å². The molecule has 0 atom stereocenters. The first-order chi connectivity index (χ1) is 6.77. The highest BCUT2D eigenvalue weighted by Gasteiger charge is 2.20. The molecule has 76 valence electrons. The predicted octanol–water partition coefficient (Wildman–Crippen LogP) is 2.18. The first-order valence-electron chi connectivity index (χ1n) is 5.09. The van der Waals surface area contributed by atoms with Crippen molar-refractivity contribution < 1.29 is 9.18 Å². The Bertz CT molecular complexity index is 296. The summed E-state index contributed by atoms with van der Waals surface area (Å²) >= 11 is 0. The van der Waals surface area contributed by atoms with Gasteiger partial charge in [0.2, 0.25) is 0 Å². The van der Waals surface area contributed by atoms with Crippen LogP contribution < -0.4 is 0 Å². The minimum absolute atomic E-state index is 0.0261. The van der Waals surface area contributed by atoms with Crippen LogP contribution in [-0.4, -0.2) is 23.8 Å². The number of piperidine rings is 1. The molecule has 0 N–H and O–H groups in total. The van der Waals surface area contributed by atoms with Crippen molar-refractivity contribution in [3.63, 3.8) is 0 Å². The lowest BCUT2D eigenvalue weighted by atomic mass is 10.1. The van der Waals surface area contributed by atoms with Crippen LogP contribution >= 0.6 is 0 Å². The number of carbonyl (C=O) groups is 1. The summed E-state index contributed by atoms with van der Waals surface area (Å²) in [4.78, 5) is 13.0. The normalized spacial score (nSPS) is 23.2. The molecule has 0 radical (unpaired) electrons. The summed E-state index contributed by atoms with van der Waals surface area (Å²) in [7, 11) is 0. The second kappa shape index (κ2) is 3.95. The van der Waals surface area contributed by atoms with Gasteiger partial charge in [-0.25, -0.2) is 4.39 Å². The third kappa shape index (κ3) is 1.86. The summed E-state index contributed by atoms with van der Waals surface area (Å²) in [6, 6.07) is 0. The second-order valence-electron chi connectivity index (χ2n) is 3.76. The Labute approximate surface area is 83.1 Å². The van der Waals surface area contributed by atoms with Gasteiger partial charge in [0.05, 0.1) is 5.70 Å². The average molecular weight is 195 g/mol. The number of likely N-dealkylation sites (tertiary alicyclic amines) is 1. The van der Waals surface area contributed by atoms with Crippen molar-refractivity contribution in [3.8, 4) is 0 Å². The minimum atomic E-state index is -0.0261. The molecule has 0 bridgehead atoms. The largest absolute Gasteiger partial charge is 0.369 e. The van der Waals surface area contributed by atoms with E-state index in [0.717, 1.165) is 6.42 Å². The van der Waals surface area contributed by atoms with Crippen LogP contribution in [0.4, 0.5) is 4.39 Å². The van der Waals surface area contributed by atoms with Crippen LogP contribution in [0.15, 0.2) is 23.7 Å². The van der Waals surface area contributed by atoms with E-state index in [4.69, 9.17) is 0 Å². The highest BCUT2D eigenvalue weighted by atomic mass is 19.1. The number of carbonyl (C=O) groups excluding carboxylic acids is 1. The molecule has 2 nitrogen and oxygen atoms in total. The smallest absolute Gasteiger partial charge is 0.136 e. The highest BCUT2D eigenvalue weighted by Crippen LogP contribution is 2.24. The molecule has 0 spiro atoms. The monoisotopic (exact) mass is 195 g/mol. The third-order valence-corrected chi connectivity index (χ3v) is 2.75. The Morgan fingerprint density at radius 2 is 1.93 bits per heavy atom. The maximum atomic E-state index is 13.4. The van der Waals surface area contributed by atoms with E-state index in [1.165, 1.54) is 0 Å². The third-order valence-electron chi connectivity index (χ3n) is 2.75. The van der Waals surface area contributed by atoms with Crippen LogP contribution in [0.5, 0.6) is 0 Å². The lowest BCUT2D eigenvalue weighted by Gasteiger charge is -2.30. The molecule has 0 aromatic heterocycles. The Morgan fingerprint density at radius 3 is 2.57 bits per heavy atom. The van der Waals surface area contributed by atoms with Gasteiger partial charge in [-0.05, 0) is 12.5 Å². The van der Waals surface area contributed by atoms with Crippen LogP contribution in [0.3, 0.4) is 0 Å². The molecular formula is C11H14FNO. The van der Waals surface area contributed by atoms with Crippen molar-refractivity contribution in [1.82, 2.24) is 4.90 Å². The van der Waals surface area contributed by atoms with Gasteiger partial charge in [0.1, 0.15) is 11.6 Å². The molecule has 0 amide bonds. The summed E-state index contributed by atoms with van der Waals surface area (Å²) in [5.74, 6) is 0.267. The van der Waals surface area contributed by atoms with E-state index in [9.17, 15) is 9.18 Å². The fraction of sp³-hybridized carbons (Fsp3) is 0.545. The summed E-state index contributed by atoms with van der Waals surface area (Å²) in [6.45, 7) is 1.35. The van der Waals surface area contributed by atoms with Crippen molar-refractivity contribution in [1.29, 1.82) is 0 Å². The van der Waals surface area contributed by atoms with Gasteiger partial charge in [-0.1, -0.05) is 6.08 Å². The standard InChI is InChI=1S/C11H14FNO/c12-10-3-1-2-4-11(10)13-7-5-9(14)6-8-13/h2,4H,1,3,5-8H2. The number of halogens is 1. The van der Waals surface area contributed by atoms with E-state index >= 15 is 0 Å². The highest BCUT2D eigenvalue weighted by molar-refractivity contribution is 5.79. The van der Waals surface area contributed by atoms with Gasteiger partial charge < -0.3 is 4.90 Å². The Balaban J connectivity index is 2.08. The molecule has 2 rings (SSSR count). The number of rotatable bonds is 1. The maximum absolute atomic E-state index is 13.4. The van der Waals surface area contributed by atoms with Gasteiger partial charge in [-0.2, -0.15) is 0 Å². The fourth-order valence-electron chi connectivity index (χ4n) is 1.90. The molecule has 14 heavy (non-hydrogen) atoms.